The lowest BCUT2D eigenvalue weighted by molar-refractivity contribution is -0.127. The van der Waals surface area contributed by atoms with Crippen molar-refractivity contribution in [3.05, 3.63) is 52.0 Å². The highest BCUT2D eigenvalue weighted by Crippen LogP contribution is 2.17. The molecule has 0 aliphatic carbocycles. The van der Waals surface area contributed by atoms with E-state index in [1.54, 1.807) is 10.3 Å². The van der Waals surface area contributed by atoms with Gasteiger partial charge in [-0.1, -0.05) is 30.3 Å². The van der Waals surface area contributed by atoms with Gasteiger partial charge in [0.15, 0.2) is 0 Å². The average Bonchev–Trinajstić information content (AvgIpc) is 2.96. The Morgan fingerprint density at radius 2 is 2.18 bits per heavy atom. The summed E-state index contributed by atoms with van der Waals surface area (Å²) in [5.41, 5.74) is 1.46. The Labute approximate surface area is 133 Å². The molecule has 0 bridgehead atoms. The van der Waals surface area contributed by atoms with Crippen molar-refractivity contribution in [1.82, 2.24) is 15.2 Å². The van der Waals surface area contributed by atoms with E-state index < -0.39 is 6.04 Å². The molecule has 2 amide bonds. The number of carbonyl (C=O) groups excluding carboxylic acids is 2. The number of thiazole rings is 1. The monoisotopic (exact) mass is 315 g/mol. The van der Waals surface area contributed by atoms with E-state index in [4.69, 9.17) is 0 Å². The topological polar surface area (TPSA) is 62.3 Å². The van der Waals surface area contributed by atoms with Crippen LogP contribution in [0.15, 0.2) is 35.7 Å². The standard InChI is InChI=1S/C16H17N3O2S/c1-11-18-13(10-22-11)16(21)19-8-7-17-15(20)14(19)9-12-5-3-2-4-6-12/h2-6,10,14H,7-9H2,1H3,(H,17,20)/t14-/m1/s1. The number of aromatic nitrogens is 1. The van der Waals surface area contributed by atoms with Gasteiger partial charge < -0.3 is 10.2 Å². The molecule has 0 saturated carbocycles. The molecule has 0 spiro atoms. The first-order valence-electron chi connectivity index (χ1n) is 7.20. The van der Waals surface area contributed by atoms with Gasteiger partial charge >= 0.3 is 0 Å². The number of carbonyl (C=O) groups is 2. The number of hydrogen-bond donors (Lipinski definition) is 1. The molecule has 1 aromatic carbocycles. The fraction of sp³-hybridized carbons (Fsp3) is 0.312. The summed E-state index contributed by atoms with van der Waals surface area (Å²) in [5.74, 6) is -0.268. The van der Waals surface area contributed by atoms with E-state index in [1.807, 2.05) is 37.3 Å². The van der Waals surface area contributed by atoms with Crippen molar-refractivity contribution in [3.63, 3.8) is 0 Å². The van der Waals surface area contributed by atoms with Crippen LogP contribution >= 0.6 is 11.3 Å². The van der Waals surface area contributed by atoms with Crippen LogP contribution in [0.3, 0.4) is 0 Å². The third-order valence-electron chi connectivity index (χ3n) is 3.70. The summed E-state index contributed by atoms with van der Waals surface area (Å²) in [4.78, 5) is 30.8. The second-order valence-corrected chi connectivity index (χ2v) is 6.31. The number of nitrogens with zero attached hydrogens (tertiary/aromatic N) is 2. The van der Waals surface area contributed by atoms with Crippen LogP contribution in [0, 0.1) is 6.92 Å². The highest BCUT2D eigenvalue weighted by Gasteiger charge is 2.34. The molecule has 1 fully saturated rings. The van der Waals surface area contributed by atoms with Crippen LogP contribution in [0.4, 0.5) is 0 Å². The molecule has 1 aliphatic heterocycles. The van der Waals surface area contributed by atoms with Gasteiger partial charge in [-0.25, -0.2) is 4.98 Å². The zero-order valence-electron chi connectivity index (χ0n) is 12.3. The van der Waals surface area contributed by atoms with Crippen molar-refractivity contribution in [2.45, 2.75) is 19.4 Å². The van der Waals surface area contributed by atoms with E-state index in [9.17, 15) is 9.59 Å². The Morgan fingerprint density at radius 3 is 2.86 bits per heavy atom. The molecular formula is C16H17N3O2S. The van der Waals surface area contributed by atoms with Gasteiger partial charge in [0.2, 0.25) is 5.91 Å². The fourth-order valence-electron chi connectivity index (χ4n) is 2.61. The molecule has 5 nitrogen and oxygen atoms in total. The lowest BCUT2D eigenvalue weighted by atomic mass is 10.0. The van der Waals surface area contributed by atoms with Gasteiger partial charge in [0.1, 0.15) is 11.7 Å². The number of piperazine rings is 1. The lowest BCUT2D eigenvalue weighted by Crippen LogP contribution is -2.58. The summed E-state index contributed by atoms with van der Waals surface area (Å²) in [5, 5.41) is 5.45. The van der Waals surface area contributed by atoms with Crippen molar-refractivity contribution < 1.29 is 9.59 Å². The minimum atomic E-state index is -0.481. The van der Waals surface area contributed by atoms with Gasteiger partial charge in [0.05, 0.1) is 5.01 Å². The molecule has 2 heterocycles. The van der Waals surface area contributed by atoms with Crippen molar-refractivity contribution in [2.75, 3.05) is 13.1 Å². The van der Waals surface area contributed by atoms with Crippen LogP contribution in [0.5, 0.6) is 0 Å². The van der Waals surface area contributed by atoms with Gasteiger partial charge in [-0.15, -0.1) is 11.3 Å². The van der Waals surface area contributed by atoms with E-state index in [-0.39, 0.29) is 11.8 Å². The van der Waals surface area contributed by atoms with Crippen LogP contribution in [-0.2, 0) is 11.2 Å². The molecule has 0 radical (unpaired) electrons. The maximum absolute atomic E-state index is 12.6. The lowest BCUT2D eigenvalue weighted by Gasteiger charge is -2.34. The summed E-state index contributed by atoms with van der Waals surface area (Å²) >= 11 is 1.44. The Hall–Kier alpha value is -2.21. The second kappa shape index (κ2) is 6.27. The molecule has 1 saturated heterocycles. The molecule has 114 valence electrons. The molecule has 1 N–H and O–H groups in total. The predicted octanol–water partition coefficient (Wildman–Crippen LogP) is 1.63. The van der Waals surface area contributed by atoms with E-state index in [1.165, 1.54) is 11.3 Å². The zero-order valence-corrected chi connectivity index (χ0v) is 13.1. The Balaban J connectivity index is 1.83. The summed E-state index contributed by atoms with van der Waals surface area (Å²) in [6.45, 7) is 2.86. The van der Waals surface area contributed by atoms with E-state index in [2.05, 4.69) is 10.3 Å². The molecule has 1 aromatic heterocycles. The molecule has 1 atom stereocenters. The third-order valence-corrected chi connectivity index (χ3v) is 4.48. The molecule has 3 rings (SSSR count). The van der Waals surface area contributed by atoms with Gasteiger partial charge in [-0.2, -0.15) is 0 Å². The molecule has 22 heavy (non-hydrogen) atoms. The normalized spacial score (nSPS) is 18.1. The van der Waals surface area contributed by atoms with Gasteiger partial charge in [0, 0.05) is 24.9 Å². The van der Waals surface area contributed by atoms with E-state index in [0.717, 1.165) is 10.6 Å². The largest absolute Gasteiger partial charge is 0.353 e. The molecule has 6 heteroatoms. The smallest absolute Gasteiger partial charge is 0.274 e. The number of hydrogen-bond acceptors (Lipinski definition) is 4. The Kier molecular flexibility index (Phi) is 4.20. The third kappa shape index (κ3) is 3.01. The summed E-state index contributed by atoms with van der Waals surface area (Å²) in [6, 6.07) is 9.27. The maximum atomic E-state index is 12.6. The van der Waals surface area contributed by atoms with Gasteiger partial charge in [-0.3, -0.25) is 9.59 Å². The van der Waals surface area contributed by atoms with Crippen molar-refractivity contribution in [3.8, 4) is 0 Å². The van der Waals surface area contributed by atoms with Crippen molar-refractivity contribution in [1.29, 1.82) is 0 Å². The summed E-state index contributed by atoms with van der Waals surface area (Å²) < 4.78 is 0. The molecular weight excluding hydrogens is 298 g/mol. The zero-order chi connectivity index (χ0) is 15.5. The SMILES string of the molecule is Cc1nc(C(=O)N2CCNC(=O)[C@H]2Cc2ccccc2)cs1. The van der Waals surface area contributed by atoms with Crippen LogP contribution in [0.1, 0.15) is 21.1 Å². The quantitative estimate of drug-likeness (QED) is 0.936. The van der Waals surface area contributed by atoms with Crippen LogP contribution in [-0.4, -0.2) is 40.8 Å². The minimum Gasteiger partial charge on any atom is -0.353 e. The molecule has 2 aromatic rings. The Bertz CT molecular complexity index is 684. The maximum Gasteiger partial charge on any atom is 0.274 e. The number of nitrogens with one attached hydrogen (secondary N) is 1. The number of aryl methyl sites for hydroxylation is 1. The first-order chi connectivity index (χ1) is 10.6. The van der Waals surface area contributed by atoms with Crippen molar-refractivity contribution in [2.24, 2.45) is 0 Å². The van der Waals surface area contributed by atoms with Gasteiger partial charge in [-0.05, 0) is 12.5 Å². The Morgan fingerprint density at radius 1 is 1.41 bits per heavy atom. The highest BCUT2D eigenvalue weighted by molar-refractivity contribution is 7.09. The predicted molar refractivity (Wildman–Crippen MR) is 84.8 cm³/mol. The summed E-state index contributed by atoms with van der Waals surface area (Å²) in [7, 11) is 0. The van der Waals surface area contributed by atoms with E-state index >= 15 is 0 Å². The second-order valence-electron chi connectivity index (χ2n) is 5.25. The summed E-state index contributed by atoms with van der Waals surface area (Å²) in [6.07, 6.45) is 0.515. The molecule has 0 unspecified atom stereocenters. The number of rotatable bonds is 3. The van der Waals surface area contributed by atoms with Gasteiger partial charge in [0.25, 0.3) is 5.91 Å². The van der Waals surface area contributed by atoms with Crippen LogP contribution in [0.2, 0.25) is 0 Å². The first kappa shape index (κ1) is 14.7. The molecule has 1 aliphatic rings. The fourth-order valence-corrected chi connectivity index (χ4v) is 3.19. The highest BCUT2D eigenvalue weighted by atomic mass is 32.1. The first-order valence-corrected chi connectivity index (χ1v) is 8.08. The minimum absolute atomic E-state index is 0.101. The average molecular weight is 315 g/mol. The number of amides is 2. The van der Waals surface area contributed by atoms with Crippen LogP contribution < -0.4 is 5.32 Å². The van der Waals surface area contributed by atoms with Crippen molar-refractivity contribution >= 4 is 23.2 Å². The van der Waals surface area contributed by atoms with E-state index in [0.29, 0.717) is 25.2 Å². The number of benzene rings is 1. The van der Waals surface area contributed by atoms with Crippen LogP contribution in [0.25, 0.3) is 0 Å².